The normalized spacial score (nSPS) is 29.4. The molecular weight excluding hydrogens is 530 g/mol. The average molecular weight is 557 g/mol. The summed E-state index contributed by atoms with van der Waals surface area (Å²) in [5.74, 6) is 4.29. The van der Waals surface area contributed by atoms with Crippen molar-refractivity contribution in [2.45, 2.75) is 43.1 Å². The lowest BCUT2D eigenvalue weighted by Crippen LogP contribution is -2.41. The number of imidazole rings is 1. The Balaban J connectivity index is 1.26. The molecule has 0 radical (unpaired) electrons. The quantitative estimate of drug-likeness (QED) is 0.279. The van der Waals surface area contributed by atoms with Crippen molar-refractivity contribution in [2.75, 3.05) is 12.4 Å². The van der Waals surface area contributed by atoms with Crippen LogP contribution in [0.4, 0.5) is 14.6 Å². The standard InChI is InChI=1S/C30H26F2N6O3/c1-33-29(41)30-13-18(30)24(25(39)26(30)40)38-14-34-23-27(35-21-12-17(21)16-8-9-19(31)20(32)11-16)36-22(37-28(23)38)10-7-15-5-3-2-4-6-15/h2-6,8-9,11,14,17-18,21,24-26,39-40H,12-13H2,1H3,(H,33,41)(H,35,36,37)/t17?,18?,21?,24-,25+,26?,30-/m1/s1. The van der Waals surface area contributed by atoms with Crippen molar-refractivity contribution in [3.8, 4) is 11.8 Å². The maximum atomic E-state index is 13.8. The number of rotatable bonds is 5. The minimum absolute atomic E-state index is 0.0394. The molecule has 4 aromatic rings. The second-order valence-corrected chi connectivity index (χ2v) is 11.0. The second-order valence-electron chi connectivity index (χ2n) is 11.0. The summed E-state index contributed by atoms with van der Waals surface area (Å²) in [4.78, 5) is 26.5. The smallest absolute Gasteiger partial charge is 0.229 e. The van der Waals surface area contributed by atoms with E-state index in [9.17, 15) is 23.8 Å². The van der Waals surface area contributed by atoms with Crippen molar-refractivity contribution in [3.05, 3.63) is 83.4 Å². The summed E-state index contributed by atoms with van der Waals surface area (Å²) in [6.07, 6.45) is 0.235. The Labute approximate surface area is 233 Å². The van der Waals surface area contributed by atoms with E-state index < -0.39 is 35.3 Å². The maximum absolute atomic E-state index is 13.8. The van der Waals surface area contributed by atoms with Crippen LogP contribution in [0.25, 0.3) is 11.2 Å². The van der Waals surface area contributed by atoms with Gasteiger partial charge in [0, 0.05) is 30.5 Å². The van der Waals surface area contributed by atoms with Gasteiger partial charge in [0.15, 0.2) is 28.6 Å². The minimum atomic E-state index is -1.23. The average Bonchev–Trinajstić information content (AvgIpc) is 3.86. The summed E-state index contributed by atoms with van der Waals surface area (Å²) in [5.41, 5.74) is 1.25. The van der Waals surface area contributed by atoms with Crippen LogP contribution in [-0.4, -0.2) is 60.9 Å². The number of fused-ring (bicyclic) bond motifs is 2. The van der Waals surface area contributed by atoms with Crippen molar-refractivity contribution in [3.63, 3.8) is 0 Å². The first kappa shape index (κ1) is 25.6. The Morgan fingerprint density at radius 1 is 1.10 bits per heavy atom. The lowest BCUT2D eigenvalue weighted by molar-refractivity contribution is -0.132. The van der Waals surface area contributed by atoms with Gasteiger partial charge in [0.25, 0.3) is 0 Å². The zero-order valence-corrected chi connectivity index (χ0v) is 21.9. The Morgan fingerprint density at radius 3 is 2.66 bits per heavy atom. The molecule has 3 fully saturated rings. The van der Waals surface area contributed by atoms with E-state index in [1.165, 1.54) is 19.4 Å². The van der Waals surface area contributed by atoms with Crippen LogP contribution in [0.1, 0.15) is 41.8 Å². The Morgan fingerprint density at radius 2 is 1.90 bits per heavy atom. The van der Waals surface area contributed by atoms with E-state index in [4.69, 9.17) is 0 Å². The van der Waals surface area contributed by atoms with E-state index in [1.54, 1.807) is 10.6 Å². The van der Waals surface area contributed by atoms with E-state index in [2.05, 4.69) is 37.4 Å². The van der Waals surface area contributed by atoms with E-state index in [1.807, 2.05) is 30.3 Å². The number of hydrogen-bond donors (Lipinski definition) is 4. The van der Waals surface area contributed by atoms with E-state index in [0.29, 0.717) is 35.4 Å². The van der Waals surface area contributed by atoms with Gasteiger partial charge < -0.3 is 25.4 Å². The van der Waals surface area contributed by atoms with Crippen LogP contribution in [0.2, 0.25) is 0 Å². The summed E-state index contributed by atoms with van der Waals surface area (Å²) in [6.45, 7) is 0. The number of carbonyl (C=O) groups excluding carboxylic acids is 1. The highest BCUT2D eigenvalue weighted by atomic mass is 19.2. The van der Waals surface area contributed by atoms with Crippen LogP contribution < -0.4 is 10.6 Å². The molecular formula is C30H26F2N6O3. The summed E-state index contributed by atoms with van der Waals surface area (Å²) in [5, 5.41) is 27.9. The molecule has 11 heteroatoms. The van der Waals surface area contributed by atoms with Crippen molar-refractivity contribution >= 4 is 22.9 Å². The molecule has 0 bridgehead atoms. The SMILES string of the molecule is CNC(=O)[C@]12CC1[C@@H](n1cnc3c(NC4CC4c4ccc(F)c(F)c4)nc(C#Cc4ccccc4)nc31)[C@H](O)C2O. The van der Waals surface area contributed by atoms with Crippen molar-refractivity contribution in [1.82, 2.24) is 24.8 Å². The molecule has 4 N–H and O–H groups in total. The fourth-order valence-corrected chi connectivity index (χ4v) is 6.37. The summed E-state index contributed by atoms with van der Waals surface area (Å²) in [6, 6.07) is 12.6. The molecule has 0 aliphatic heterocycles. The molecule has 2 heterocycles. The molecule has 3 aliphatic rings. The van der Waals surface area contributed by atoms with Crippen molar-refractivity contribution in [1.29, 1.82) is 0 Å². The molecule has 7 atom stereocenters. The van der Waals surface area contributed by atoms with Crippen LogP contribution in [-0.2, 0) is 4.79 Å². The van der Waals surface area contributed by atoms with Gasteiger partial charge in [0.1, 0.15) is 6.10 Å². The fraction of sp³-hybridized carbons (Fsp3) is 0.333. The molecule has 4 unspecified atom stereocenters. The second kappa shape index (κ2) is 9.33. The number of aliphatic hydroxyl groups is 2. The topological polar surface area (TPSA) is 125 Å². The molecule has 2 aromatic carbocycles. The molecule has 0 saturated heterocycles. The molecule has 3 saturated carbocycles. The first-order chi connectivity index (χ1) is 19.8. The largest absolute Gasteiger partial charge is 0.389 e. The Hall–Kier alpha value is -4.40. The Kier molecular flexibility index (Phi) is 5.81. The number of amides is 1. The maximum Gasteiger partial charge on any atom is 0.229 e. The first-order valence-corrected chi connectivity index (χ1v) is 13.4. The van der Waals surface area contributed by atoms with Gasteiger partial charge in [0.2, 0.25) is 11.7 Å². The summed E-state index contributed by atoms with van der Waals surface area (Å²) >= 11 is 0. The third-order valence-corrected chi connectivity index (χ3v) is 8.64. The molecule has 41 heavy (non-hydrogen) atoms. The Bertz CT molecular complexity index is 1750. The number of halogens is 2. The molecule has 2 aromatic heterocycles. The number of nitrogens with zero attached hydrogens (tertiary/aromatic N) is 4. The van der Waals surface area contributed by atoms with Gasteiger partial charge >= 0.3 is 0 Å². The third kappa shape index (κ3) is 4.05. The zero-order valence-electron chi connectivity index (χ0n) is 21.9. The lowest BCUT2D eigenvalue weighted by atomic mass is 9.98. The van der Waals surface area contributed by atoms with Gasteiger partial charge in [-0.1, -0.05) is 30.2 Å². The number of carbonyl (C=O) groups is 1. The predicted molar refractivity (Wildman–Crippen MR) is 145 cm³/mol. The molecule has 0 spiro atoms. The summed E-state index contributed by atoms with van der Waals surface area (Å²) in [7, 11) is 1.51. The highest BCUT2D eigenvalue weighted by Crippen LogP contribution is 2.67. The van der Waals surface area contributed by atoms with Gasteiger partial charge in [-0.15, -0.1) is 0 Å². The third-order valence-electron chi connectivity index (χ3n) is 8.64. The molecule has 1 amide bonds. The number of aliphatic hydroxyl groups excluding tert-OH is 2. The van der Waals surface area contributed by atoms with Gasteiger partial charge in [-0.25, -0.2) is 23.7 Å². The van der Waals surface area contributed by atoms with Crippen LogP contribution in [0.5, 0.6) is 0 Å². The van der Waals surface area contributed by atoms with Crippen molar-refractivity contribution in [2.24, 2.45) is 11.3 Å². The highest BCUT2D eigenvalue weighted by molar-refractivity contribution is 5.88. The van der Waals surface area contributed by atoms with E-state index in [-0.39, 0.29) is 29.6 Å². The number of aromatic nitrogens is 4. The van der Waals surface area contributed by atoms with Gasteiger partial charge in [-0.05, 0) is 48.6 Å². The molecule has 7 rings (SSSR count). The van der Waals surface area contributed by atoms with E-state index >= 15 is 0 Å². The highest BCUT2D eigenvalue weighted by Gasteiger charge is 2.75. The predicted octanol–water partition coefficient (Wildman–Crippen LogP) is 2.50. The van der Waals surface area contributed by atoms with Crippen LogP contribution in [0.15, 0.2) is 54.9 Å². The molecule has 3 aliphatic carbocycles. The van der Waals surface area contributed by atoms with Gasteiger partial charge in [-0.2, -0.15) is 0 Å². The lowest BCUT2D eigenvalue weighted by Gasteiger charge is -2.23. The monoisotopic (exact) mass is 556 g/mol. The van der Waals surface area contributed by atoms with Crippen LogP contribution >= 0.6 is 0 Å². The molecule has 208 valence electrons. The minimum Gasteiger partial charge on any atom is -0.389 e. The number of anilines is 1. The first-order valence-electron chi connectivity index (χ1n) is 13.4. The van der Waals surface area contributed by atoms with Gasteiger partial charge in [-0.3, -0.25) is 4.79 Å². The van der Waals surface area contributed by atoms with Crippen molar-refractivity contribution < 1.29 is 23.8 Å². The van der Waals surface area contributed by atoms with Crippen LogP contribution in [0.3, 0.4) is 0 Å². The number of hydrogen-bond acceptors (Lipinski definition) is 7. The summed E-state index contributed by atoms with van der Waals surface area (Å²) < 4.78 is 29.0. The number of benzene rings is 2. The molecule has 9 nitrogen and oxygen atoms in total. The van der Waals surface area contributed by atoms with Gasteiger partial charge in [0.05, 0.1) is 23.9 Å². The van der Waals surface area contributed by atoms with E-state index in [0.717, 1.165) is 11.6 Å². The van der Waals surface area contributed by atoms with Crippen LogP contribution in [0, 0.1) is 34.8 Å². The number of nitrogens with one attached hydrogen (secondary N) is 2. The zero-order chi connectivity index (χ0) is 28.5. The fourth-order valence-electron chi connectivity index (χ4n) is 6.37.